The van der Waals surface area contributed by atoms with E-state index in [0.29, 0.717) is 0 Å². The van der Waals surface area contributed by atoms with E-state index in [0.717, 1.165) is 6.54 Å². The smallest absolute Gasteiger partial charge is 0.176 e. The molecule has 2 nitrogen and oxygen atoms in total. The first-order valence-corrected chi connectivity index (χ1v) is 9.96. The SMILES string of the molecule is C1=C([N+]2=CCCNCCCCCC2)CCCCCCCCC1. The third kappa shape index (κ3) is 7.58. The Bertz CT molecular complexity index is 310. The first-order chi connectivity index (χ1) is 11.0. The third-order valence-corrected chi connectivity index (χ3v) is 5.06. The minimum absolute atomic E-state index is 1.14. The molecule has 1 aliphatic heterocycles. The molecule has 0 unspecified atom stereocenters. The van der Waals surface area contributed by atoms with Crippen LogP contribution in [0.2, 0.25) is 0 Å². The third-order valence-electron chi connectivity index (χ3n) is 5.06. The average molecular weight is 306 g/mol. The molecule has 22 heavy (non-hydrogen) atoms. The summed E-state index contributed by atoms with van der Waals surface area (Å²) >= 11 is 0. The molecular formula is C20H37N2+. The van der Waals surface area contributed by atoms with E-state index in [1.807, 2.05) is 0 Å². The lowest BCUT2D eigenvalue weighted by Crippen LogP contribution is -2.19. The highest BCUT2D eigenvalue weighted by molar-refractivity contribution is 5.52. The van der Waals surface area contributed by atoms with Crippen LogP contribution in [0.1, 0.15) is 89.9 Å². The summed E-state index contributed by atoms with van der Waals surface area (Å²) in [5.74, 6) is 0. The molecule has 0 fully saturated rings. The van der Waals surface area contributed by atoms with Gasteiger partial charge in [-0.05, 0) is 44.7 Å². The van der Waals surface area contributed by atoms with Gasteiger partial charge in [0.2, 0.25) is 0 Å². The van der Waals surface area contributed by atoms with Crippen LogP contribution in [0.5, 0.6) is 0 Å². The maximum atomic E-state index is 3.58. The molecule has 0 saturated heterocycles. The van der Waals surface area contributed by atoms with Crippen LogP contribution in [-0.4, -0.2) is 30.4 Å². The number of hydrogen-bond acceptors (Lipinski definition) is 1. The number of nitrogens with one attached hydrogen (secondary N) is 1. The van der Waals surface area contributed by atoms with Gasteiger partial charge in [0.15, 0.2) is 5.70 Å². The van der Waals surface area contributed by atoms with Crippen molar-refractivity contribution in [2.24, 2.45) is 0 Å². The second kappa shape index (κ2) is 11.9. The lowest BCUT2D eigenvalue weighted by atomic mass is 10.1. The van der Waals surface area contributed by atoms with E-state index >= 15 is 0 Å². The molecule has 2 rings (SSSR count). The molecule has 0 spiro atoms. The molecule has 1 heterocycles. The fourth-order valence-electron chi connectivity index (χ4n) is 3.65. The van der Waals surface area contributed by atoms with Gasteiger partial charge >= 0.3 is 0 Å². The minimum atomic E-state index is 1.14. The maximum absolute atomic E-state index is 3.58. The van der Waals surface area contributed by atoms with Gasteiger partial charge in [0.1, 0.15) is 12.8 Å². The van der Waals surface area contributed by atoms with Crippen molar-refractivity contribution in [3.8, 4) is 0 Å². The Morgan fingerprint density at radius 1 is 0.682 bits per heavy atom. The predicted molar refractivity (Wildman–Crippen MR) is 96.8 cm³/mol. The van der Waals surface area contributed by atoms with Gasteiger partial charge in [-0.2, -0.15) is 0 Å². The summed E-state index contributed by atoms with van der Waals surface area (Å²) < 4.78 is 2.62. The molecule has 0 aromatic rings. The summed E-state index contributed by atoms with van der Waals surface area (Å²) in [6.45, 7) is 3.59. The zero-order valence-electron chi connectivity index (χ0n) is 14.6. The molecule has 0 amide bonds. The van der Waals surface area contributed by atoms with Gasteiger partial charge in [0.25, 0.3) is 0 Å². The van der Waals surface area contributed by atoms with Crippen LogP contribution in [-0.2, 0) is 0 Å². The van der Waals surface area contributed by atoms with Crippen molar-refractivity contribution in [2.45, 2.75) is 89.9 Å². The van der Waals surface area contributed by atoms with Crippen molar-refractivity contribution in [1.29, 1.82) is 0 Å². The highest BCUT2D eigenvalue weighted by Crippen LogP contribution is 2.18. The Morgan fingerprint density at radius 3 is 2.32 bits per heavy atom. The topological polar surface area (TPSA) is 15.0 Å². The molecule has 1 N–H and O–H groups in total. The van der Waals surface area contributed by atoms with E-state index in [1.54, 1.807) is 5.70 Å². The van der Waals surface area contributed by atoms with Crippen LogP contribution in [0.15, 0.2) is 11.8 Å². The van der Waals surface area contributed by atoms with Crippen molar-refractivity contribution in [1.82, 2.24) is 5.32 Å². The Hall–Kier alpha value is -0.630. The summed E-state index contributed by atoms with van der Waals surface area (Å²) in [4.78, 5) is 0. The molecule has 126 valence electrons. The fraction of sp³-hybridized carbons (Fsp3) is 0.850. The van der Waals surface area contributed by atoms with Crippen molar-refractivity contribution in [2.75, 3.05) is 19.6 Å². The normalized spacial score (nSPS) is 24.4. The van der Waals surface area contributed by atoms with E-state index in [-0.39, 0.29) is 0 Å². The zero-order valence-corrected chi connectivity index (χ0v) is 14.6. The van der Waals surface area contributed by atoms with Crippen molar-refractivity contribution in [3.63, 3.8) is 0 Å². The number of hydrogen-bond donors (Lipinski definition) is 1. The highest BCUT2D eigenvalue weighted by atomic mass is 15.0. The van der Waals surface area contributed by atoms with Crippen LogP contribution in [0.25, 0.3) is 0 Å². The lowest BCUT2D eigenvalue weighted by Gasteiger charge is -2.08. The molecule has 0 bridgehead atoms. The Kier molecular flexibility index (Phi) is 9.56. The highest BCUT2D eigenvalue weighted by Gasteiger charge is 2.13. The zero-order chi connectivity index (χ0) is 15.3. The number of nitrogens with zero attached hydrogens (tertiary/aromatic N) is 1. The summed E-state index contributed by atoms with van der Waals surface area (Å²) in [5.41, 5.74) is 1.63. The average Bonchev–Trinajstić information content (AvgIpc) is 2.64. The Balaban J connectivity index is 1.97. The molecule has 2 aliphatic rings. The molecule has 0 saturated carbocycles. The van der Waals surface area contributed by atoms with Gasteiger partial charge in [-0.3, -0.25) is 0 Å². The van der Waals surface area contributed by atoms with Gasteiger partial charge in [-0.1, -0.05) is 38.5 Å². The largest absolute Gasteiger partial charge is 0.316 e. The Morgan fingerprint density at radius 2 is 1.41 bits per heavy atom. The van der Waals surface area contributed by atoms with Gasteiger partial charge < -0.3 is 5.32 Å². The summed E-state index contributed by atoms with van der Waals surface area (Å²) in [5, 5.41) is 3.58. The summed E-state index contributed by atoms with van der Waals surface area (Å²) in [7, 11) is 0. The van der Waals surface area contributed by atoms with Crippen LogP contribution in [0, 0.1) is 0 Å². The minimum Gasteiger partial charge on any atom is -0.316 e. The molecule has 0 radical (unpaired) electrons. The van der Waals surface area contributed by atoms with E-state index in [2.05, 4.69) is 22.2 Å². The van der Waals surface area contributed by atoms with Crippen LogP contribution in [0.3, 0.4) is 0 Å². The molecular weight excluding hydrogens is 268 g/mol. The van der Waals surface area contributed by atoms with E-state index < -0.39 is 0 Å². The van der Waals surface area contributed by atoms with E-state index in [4.69, 9.17) is 0 Å². The van der Waals surface area contributed by atoms with Crippen LogP contribution < -0.4 is 5.32 Å². The summed E-state index contributed by atoms with van der Waals surface area (Å²) in [6, 6.07) is 0. The van der Waals surface area contributed by atoms with Crippen molar-refractivity contribution < 1.29 is 4.58 Å². The molecule has 2 heteroatoms. The number of rotatable bonds is 1. The van der Waals surface area contributed by atoms with Crippen LogP contribution >= 0.6 is 0 Å². The first kappa shape index (κ1) is 17.7. The van der Waals surface area contributed by atoms with Gasteiger partial charge in [0.05, 0.1) is 0 Å². The number of allylic oxidation sites excluding steroid dienone is 2. The van der Waals surface area contributed by atoms with Crippen molar-refractivity contribution >= 4 is 6.21 Å². The predicted octanol–water partition coefficient (Wildman–Crippen LogP) is 5.03. The van der Waals surface area contributed by atoms with E-state index in [9.17, 15) is 0 Å². The second-order valence-electron chi connectivity index (χ2n) is 7.04. The van der Waals surface area contributed by atoms with Gasteiger partial charge in [-0.15, -0.1) is 0 Å². The molecule has 0 aromatic heterocycles. The second-order valence-corrected chi connectivity index (χ2v) is 7.04. The molecule has 1 aliphatic carbocycles. The lowest BCUT2D eigenvalue weighted by molar-refractivity contribution is -0.477. The molecule has 0 aromatic carbocycles. The molecule has 0 atom stereocenters. The monoisotopic (exact) mass is 305 g/mol. The van der Waals surface area contributed by atoms with Gasteiger partial charge in [0, 0.05) is 25.8 Å². The van der Waals surface area contributed by atoms with Crippen molar-refractivity contribution in [3.05, 3.63) is 11.8 Å². The fourth-order valence-corrected chi connectivity index (χ4v) is 3.65. The summed E-state index contributed by atoms with van der Waals surface area (Å²) in [6.07, 6.45) is 24.3. The van der Waals surface area contributed by atoms with E-state index in [1.165, 1.54) is 103 Å². The quantitative estimate of drug-likeness (QED) is 0.671. The maximum Gasteiger partial charge on any atom is 0.176 e. The Labute approximate surface area is 138 Å². The first-order valence-electron chi connectivity index (χ1n) is 9.96. The standard InChI is InChI=1S/C20H37N2/c1-2-4-6-10-15-20(14-9-5-3-1)22-18-12-8-7-11-16-21-17-13-19-22/h14,19,21H,1-13,15-18H2/q+1. The van der Waals surface area contributed by atoms with Gasteiger partial charge in [-0.25, -0.2) is 4.58 Å². The van der Waals surface area contributed by atoms with Crippen LogP contribution in [0.4, 0.5) is 0 Å².